The number of phenolic OH excluding ortho intramolecular Hbond substituents is 1. The van der Waals surface area contributed by atoms with Gasteiger partial charge in [-0.1, -0.05) is 62.7 Å². The minimum Gasteiger partial charge on any atom is -0.505 e. The first-order valence-corrected chi connectivity index (χ1v) is 9.16. The van der Waals surface area contributed by atoms with Gasteiger partial charge in [0.25, 0.3) is 0 Å². The molecule has 1 aromatic heterocycles. The molecule has 0 spiro atoms. The first kappa shape index (κ1) is 17.6. The van der Waals surface area contributed by atoms with Gasteiger partial charge in [0, 0.05) is 10.6 Å². The Morgan fingerprint density at radius 1 is 0.889 bits per heavy atom. The summed E-state index contributed by atoms with van der Waals surface area (Å²) in [6, 6.07) is 19.2. The monoisotopic (exact) mass is 377 g/mol. The van der Waals surface area contributed by atoms with Crippen LogP contribution in [0.2, 0.25) is 5.02 Å². The van der Waals surface area contributed by atoms with Crippen molar-refractivity contribution in [2.75, 3.05) is 0 Å². The number of nitrogens with zero attached hydrogens (tertiary/aromatic N) is 3. The average Bonchev–Trinajstić information content (AvgIpc) is 3.04. The van der Waals surface area contributed by atoms with E-state index in [0.717, 1.165) is 22.2 Å². The lowest BCUT2D eigenvalue weighted by atomic mass is 9.84. The van der Waals surface area contributed by atoms with E-state index in [1.807, 2.05) is 48.5 Å². The highest BCUT2D eigenvalue weighted by atomic mass is 35.5. The molecule has 5 heteroatoms. The van der Waals surface area contributed by atoms with Crippen molar-refractivity contribution in [2.24, 2.45) is 0 Å². The molecule has 0 saturated carbocycles. The molecule has 0 aliphatic rings. The Morgan fingerprint density at radius 3 is 2.30 bits per heavy atom. The van der Waals surface area contributed by atoms with Crippen LogP contribution in [0, 0.1) is 0 Å². The van der Waals surface area contributed by atoms with E-state index in [-0.39, 0.29) is 11.2 Å². The standard InChI is InChI=1S/C22H20ClN3O/c1-22(2,3)15-11-17(14-7-5-4-6-8-14)21(27)20(12-15)26-24-18-10-9-16(23)13-19(18)25-26/h4-13,27H,1-3H3. The Balaban J connectivity index is 1.98. The minimum absolute atomic E-state index is 0.0954. The number of aromatic hydroxyl groups is 1. The van der Waals surface area contributed by atoms with E-state index >= 15 is 0 Å². The van der Waals surface area contributed by atoms with Gasteiger partial charge in [0.1, 0.15) is 16.7 Å². The first-order valence-electron chi connectivity index (χ1n) is 8.79. The van der Waals surface area contributed by atoms with E-state index in [0.29, 0.717) is 16.2 Å². The lowest BCUT2D eigenvalue weighted by Crippen LogP contribution is -2.13. The minimum atomic E-state index is -0.0954. The quantitative estimate of drug-likeness (QED) is 0.484. The van der Waals surface area contributed by atoms with E-state index in [4.69, 9.17) is 11.6 Å². The number of hydrogen-bond donors (Lipinski definition) is 1. The Kier molecular flexibility index (Phi) is 4.16. The van der Waals surface area contributed by atoms with Gasteiger partial charge in [-0.15, -0.1) is 15.0 Å². The fraction of sp³-hybridized carbons (Fsp3) is 0.182. The zero-order valence-electron chi connectivity index (χ0n) is 15.4. The van der Waals surface area contributed by atoms with Crippen molar-refractivity contribution in [1.82, 2.24) is 15.0 Å². The highest BCUT2D eigenvalue weighted by Crippen LogP contribution is 2.38. The lowest BCUT2D eigenvalue weighted by Gasteiger charge is -2.22. The third kappa shape index (κ3) is 3.28. The van der Waals surface area contributed by atoms with Crippen molar-refractivity contribution in [3.05, 3.63) is 71.2 Å². The Bertz CT molecular complexity index is 1130. The molecule has 1 N–H and O–H groups in total. The summed E-state index contributed by atoms with van der Waals surface area (Å²) in [6.07, 6.45) is 0. The van der Waals surface area contributed by atoms with Crippen molar-refractivity contribution < 1.29 is 5.11 Å². The zero-order chi connectivity index (χ0) is 19.2. The highest BCUT2D eigenvalue weighted by molar-refractivity contribution is 6.31. The molecule has 0 aliphatic carbocycles. The third-order valence-corrected chi connectivity index (χ3v) is 4.83. The van der Waals surface area contributed by atoms with E-state index < -0.39 is 0 Å². The van der Waals surface area contributed by atoms with Gasteiger partial charge in [0.05, 0.1) is 0 Å². The second kappa shape index (κ2) is 6.39. The summed E-state index contributed by atoms with van der Waals surface area (Å²) in [5, 5.41) is 20.7. The lowest BCUT2D eigenvalue weighted by molar-refractivity contribution is 0.468. The first-order chi connectivity index (χ1) is 12.8. The predicted molar refractivity (Wildman–Crippen MR) is 110 cm³/mol. The van der Waals surface area contributed by atoms with Crippen LogP contribution in [0.1, 0.15) is 26.3 Å². The van der Waals surface area contributed by atoms with Crippen LogP contribution in [0.3, 0.4) is 0 Å². The fourth-order valence-electron chi connectivity index (χ4n) is 3.04. The number of halogens is 1. The van der Waals surface area contributed by atoms with Crippen LogP contribution in [-0.2, 0) is 5.41 Å². The van der Waals surface area contributed by atoms with Gasteiger partial charge in [0.15, 0.2) is 5.75 Å². The molecular weight excluding hydrogens is 358 g/mol. The average molecular weight is 378 g/mol. The topological polar surface area (TPSA) is 50.9 Å². The van der Waals surface area contributed by atoms with Crippen molar-refractivity contribution in [3.8, 4) is 22.6 Å². The van der Waals surface area contributed by atoms with Gasteiger partial charge < -0.3 is 5.11 Å². The summed E-state index contributed by atoms with van der Waals surface area (Å²) < 4.78 is 0. The summed E-state index contributed by atoms with van der Waals surface area (Å²) in [4.78, 5) is 1.48. The summed E-state index contributed by atoms with van der Waals surface area (Å²) in [5.74, 6) is 0.153. The summed E-state index contributed by atoms with van der Waals surface area (Å²) >= 11 is 6.07. The predicted octanol–water partition coefficient (Wildman–Crippen LogP) is 5.74. The van der Waals surface area contributed by atoms with Crippen LogP contribution in [0.15, 0.2) is 60.7 Å². The largest absolute Gasteiger partial charge is 0.505 e. The van der Waals surface area contributed by atoms with Crippen molar-refractivity contribution in [3.63, 3.8) is 0 Å². The Labute approximate surface area is 163 Å². The fourth-order valence-corrected chi connectivity index (χ4v) is 3.20. The van der Waals surface area contributed by atoms with Crippen LogP contribution in [0.4, 0.5) is 0 Å². The zero-order valence-corrected chi connectivity index (χ0v) is 16.2. The molecule has 0 bridgehead atoms. The number of hydrogen-bond acceptors (Lipinski definition) is 3. The maximum atomic E-state index is 11.0. The summed E-state index contributed by atoms with van der Waals surface area (Å²) in [7, 11) is 0. The Morgan fingerprint density at radius 2 is 1.59 bits per heavy atom. The molecule has 0 aliphatic heterocycles. The molecule has 4 rings (SSSR count). The number of aromatic nitrogens is 3. The molecule has 0 atom stereocenters. The van der Waals surface area contributed by atoms with Gasteiger partial charge in [-0.2, -0.15) is 0 Å². The van der Waals surface area contributed by atoms with Crippen LogP contribution < -0.4 is 0 Å². The van der Waals surface area contributed by atoms with Crippen molar-refractivity contribution in [1.29, 1.82) is 0 Å². The molecule has 1 heterocycles. The maximum absolute atomic E-state index is 11.0. The van der Waals surface area contributed by atoms with E-state index in [2.05, 4.69) is 31.0 Å². The van der Waals surface area contributed by atoms with E-state index in [1.54, 1.807) is 12.1 Å². The SMILES string of the molecule is CC(C)(C)c1cc(-c2ccccc2)c(O)c(-n2nc3ccc(Cl)cc3n2)c1. The molecule has 0 radical (unpaired) electrons. The summed E-state index contributed by atoms with van der Waals surface area (Å²) in [5.41, 5.74) is 4.66. The molecule has 4 nitrogen and oxygen atoms in total. The van der Waals surface area contributed by atoms with Crippen LogP contribution >= 0.6 is 11.6 Å². The van der Waals surface area contributed by atoms with Crippen molar-refractivity contribution >= 4 is 22.6 Å². The molecule has 0 saturated heterocycles. The molecular formula is C22H20ClN3O. The number of fused-ring (bicyclic) bond motifs is 1. The molecule has 0 amide bonds. The number of rotatable bonds is 2. The smallest absolute Gasteiger partial charge is 0.150 e. The van der Waals surface area contributed by atoms with Crippen LogP contribution in [-0.4, -0.2) is 20.1 Å². The van der Waals surface area contributed by atoms with Gasteiger partial charge in [-0.3, -0.25) is 0 Å². The van der Waals surface area contributed by atoms with Gasteiger partial charge in [-0.05, 0) is 46.9 Å². The molecule has 136 valence electrons. The normalized spacial score (nSPS) is 11.9. The number of phenols is 1. The van der Waals surface area contributed by atoms with Crippen LogP contribution in [0.5, 0.6) is 5.75 Å². The molecule has 0 unspecified atom stereocenters. The molecule has 27 heavy (non-hydrogen) atoms. The molecule has 3 aromatic carbocycles. The molecule has 4 aromatic rings. The Hall–Kier alpha value is -2.85. The van der Waals surface area contributed by atoms with Gasteiger partial charge in [-0.25, -0.2) is 0 Å². The van der Waals surface area contributed by atoms with Gasteiger partial charge >= 0.3 is 0 Å². The van der Waals surface area contributed by atoms with Crippen LogP contribution in [0.25, 0.3) is 27.8 Å². The molecule has 0 fully saturated rings. The second-order valence-electron chi connectivity index (χ2n) is 7.63. The van der Waals surface area contributed by atoms with Crippen molar-refractivity contribution in [2.45, 2.75) is 26.2 Å². The van der Waals surface area contributed by atoms with E-state index in [1.165, 1.54) is 4.80 Å². The second-order valence-corrected chi connectivity index (χ2v) is 8.07. The van der Waals surface area contributed by atoms with E-state index in [9.17, 15) is 5.11 Å². The third-order valence-electron chi connectivity index (χ3n) is 4.60. The van der Waals surface area contributed by atoms with Gasteiger partial charge in [0.2, 0.25) is 0 Å². The maximum Gasteiger partial charge on any atom is 0.150 e. The number of benzene rings is 3. The highest BCUT2D eigenvalue weighted by Gasteiger charge is 2.21. The summed E-state index contributed by atoms with van der Waals surface area (Å²) in [6.45, 7) is 6.43.